The summed E-state index contributed by atoms with van der Waals surface area (Å²) in [6.45, 7) is 0.163. The third kappa shape index (κ3) is 3.34. The number of hydrogen-bond donors (Lipinski definition) is 2. The molecule has 1 atom stereocenters. The maximum absolute atomic E-state index is 13.6. The molecule has 0 fully saturated rings. The van der Waals surface area contributed by atoms with Crippen molar-refractivity contribution in [1.82, 2.24) is 4.72 Å². The highest BCUT2D eigenvalue weighted by Crippen LogP contribution is 2.23. The normalized spacial score (nSPS) is 19.2. The predicted octanol–water partition coefficient (Wildman–Crippen LogP) is 2.18. The molecule has 1 unspecified atom stereocenters. The lowest BCUT2D eigenvalue weighted by molar-refractivity contribution is 0.463. The van der Waals surface area contributed by atoms with E-state index in [1.54, 1.807) is 0 Å². The Morgan fingerprint density at radius 1 is 1.25 bits per heavy atom. The third-order valence-electron chi connectivity index (χ3n) is 3.23. The minimum absolute atomic E-state index is 0.148. The molecule has 7 heteroatoms. The first kappa shape index (κ1) is 14.9. The van der Waals surface area contributed by atoms with Gasteiger partial charge in [0.25, 0.3) is 0 Å². The second kappa shape index (κ2) is 5.88. The Hall–Kier alpha value is -1.47. The molecule has 0 heterocycles. The first-order chi connectivity index (χ1) is 9.40. The van der Waals surface area contributed by atoms with Crippen molar-refractivity contribution in [2.75, 3.05) is 12.3 Å². The van der Waals surface area contributed by atoms with Gasteiger partial charge >= 0.3 is 0 Å². The van der Waals surface area contributed by atoms with Crippen LogP contribution >= 0.6 is 0 Å². The number of rotatable bonds is 4. The first-order valence-electron chi connectivity index (χ1n) is 6.29. The van der Waals surface area contributed by atoms with Gasteiger partial charge in [-0.2, -0.15) is 0 Å². The number of sulfonamides is 1. The monoisotopic (exact) mass is 302 g/mol. The van der Waals surface area contributed by atoms with E-state index in [-0.39, 0.29) is 18.2 Å². The lowest BCUT2D eigenvalue weighted by Gasteiger charge is -2.18. The van der Waals surface area contributed by atoms with Gasteiger partial charge in [0.1, 0.15) is 11.6 Å². The number of nitrogens with two attached hydrogens (primary N) is 1. The minimum Gasteiger partial charge on any atom is -0.399 e. The Balaban J connectivity index is 2.16. The Morgan fingerprint density at radius 2 is 1.90 bits per heavy atom. The van der Waals surface area contributed by atoms with Crippen LogP contribution in [0, 0.1) is 17.6 Å². The largest absolute Gasteiger partial charge is 0.399 e. The van der Waals surface area contributed by atoms with Gasteiger partial charge in [0.05, 0.1) is 0 Å². The summed E-state index contributed by atoms with van der Waals surface area (Å²) in [6, 6.07) is 1.59. The third-order valence-corrected chi connectivity index (χ3v) is 4.70. The number of hydrogen-bond acceptors (Lipinski definition) is 3. The van der Waals surface area contributed by atoms with E-state index >= 15 is 0 Å². The predicted molar refractivity (Wildman–Crippen MR) is 72.4 cm³/mol. The quantitative estimate of drug-likeness (QED) is 0.661. The average molecular weight is 302 g/mol. The number of benzene rings is 1. The van der Waals surface area contributed by atoms with Gasteiger partial charge in [-0.05, 0) is 37.3 Å². The van der Waals surface area contributed by atoms with Gasteiger partial charge in [0.15, 0.2) is 4.90 Å². The fourth-order valence-corrected chi connectivity index (χ4v) is 3.41. The van der Waals surface area contributed by atoms with Crippen LogP contribution in [0.4, 0.5) is 14.5 Å². The molecule has 0 bridgehead atoms. The van der Waals surface area contributed by atoms with Crippen molar-refractivity contribution in [2.24, 2.45) is 5.92 Å². The van der Waals surface area contributed by atoms with Crippen LogP contribution in [0.3, 0.4) is 0 Å². The van der Waals surface area contributed by atoms with E-state index in [0.29, 0.717) is 0 Å². The zero-order chi connectivity index (χ0) is 14.8. The molecule has 4 nitrogen and oxygen atoms in total. The second-order valence-corrected chi connectivity index (χ2v) is 6.52. The molecule has 0 aromatic heterocycles. The molecular weight excluding hydrogens is 286 g/mol. The van der Waals surface area contributed by atoms with E-state index in [1.807, 2.05) is 12.2 Å². The molecule has 1 aliphatic carbocycles. The zero-order valence-corrected chi connectivity index (χ0v) is 11.6. The van der Waals surface area contributed by atoms with E-state index in [1.165, 1.54) is 0 Å². The molecule has 2 rings (SSSR count). The molecule has 1 aromatic carbocycles. The van der Waals surface area contributed by atoms with Crippen molar-refractivity contribution >= 4 is 15.7 Å². The van der Waals surface area contributed by atoms with E-state index in [9.17, 15) is 17.2 Å². The summed E-state index contributed by atoms with van der Waals surface area (Å²) in [5.74, 6) is -2.22. The van der Waals surface area contributed by atoms with Crippen LogP contribution < -0.4 is 10.5 Å². The zero-order valence-electron chi connectivity index (χ0n) is 10.8. The van der Waals surface area contributed by atoms with E-state index < -0.39 is 26.6 Å². The molecule has 0 aliphatic heterocycles. The van der Waals surface area contributed by atoms with Gasteiger partial charge in [-0.15, -0.1) is 0 Å². The Kier molecular flexibility index (Phi) is 4.39. The van der Waals surface area contributed by atoms with Gasteiger partial charge in [-0.3, -0.25) is 0 Å². The van der Waals surface area contributed by atoms with Crippen molar-refractivity contribution in [1.29, 1.82) is 0 Å². The molecule has 20 heavy (non-hydrogen) atoms. The summed E-state index contributed by atoms with van der Waals surface area (Å²) in [5, 5.41) is 0. The maximum Gasteiger partial charge on any atom is 0.246 e. The Labute approximate surface area is 116 Å². The van der Waals surface area contributed by atoms with Crippen LogP contribution in [0.5, 0.6) is 0 Å². The molecular formula is C13H16F2N2O2S. The van der Waals surface area contributed by atoms with Gasteiger partial charge in [-0.1, -0.05) is 12.2 Å². The highest BCUT2D eigenvalue weighted by molar-refractivity contribution is 7.89. The van der Waals surface area contributed by atoms with Crippen LogP contribution in [0.25, 0.3) is 0 Å². The number of allylic oxidation sites excluding steroid dienone is 2. The Bertz CT molecular complexity index is 606. The van der Waals surface area contributed by atoms with Gasteiger partial charge in [0, 0.05) is 12.2 Å². The van der Waals surface area contributed by atoms with Crippen molar-refractivity contribution in [3.8, 4) is 0 Å². The van der Waals surface area contributed by atoms with Gasteiger partial charge < -0.3 is 5.73 Å². The van der Waals surface area contributed by atoms with Crippen molar-refractivity contribution in [2.45, 2.75) is 24.2 Å². The summed E-state index contributed by atoms with van der Waals surface area (Å²) in [4.78, 5) is -0.974. The SMILES string of the molecule is Nc1cc(F)c(S(=O)(=O)NCC2CC=CCC2)c(F)c1. The van der Waals surface area contributed by atoms with Crippen LogP contribution in [-0.4, -0.2) is 15.0 Å². The molecule has 0 spiro atoms. The number of nitrogen functional groups attached to an aromatic ring is 1. The Morgan fingerprint density at radius 3 is 2.45 bits per heavy atom. The highest BCUT2D eigenvalue weighted by Gasteiger charge is 2.25. The average Bonchev–Trinajstić information content (AvgIpc) is 2.36. The molecule has 1 aromatic rings. The fourth-order valence-electron chi connectivity index (χ4n) is 2.18. The number of anilines is 1. The lowest BCUT2D eigenvalue weighted by atomic mass is 9.95. The van der Waals surface area contributed by atoms with Gasteiger partial charge in [-0.25, -0.2) is 21.9 Å². The standard InChI is InChI=1S/C13H16F2N2O2S/c14-11-6-10(16)7-12(15)13(11)20(18,19)17-8-9-4-2-1-3-5-9/h1-2,6-7,9,17H,3-5,8,16H2. The highest BCUT2D eigenvalue weighted by atomic mass is 32.2. The summed E-state index contributed by atoms with van der Waals surface area (Å²) in [7, 11) is -4.22. The minimum atomic E-state index is -4.22. The van der Waals surface area contributed by atoms with Crippen LogP contribution in [0.2, 0.25) is 0 Å². The van der Waals surface area contributed by atoms with Crippen LogP contribution in [-0.2, 0) is 10.0 Å². The maximum atomic E-state index is 13.6. The first-order valence-corrected chi connectivity index (χ1v) is 7.77. The fraction of sp³-hybridized carbons (Fsp3) is 0.385. The van der Waals surface area contributed by atoms with E-state index in [2.05, 4.69) is 4.72 Å². The summed E-state index contributed by atoms with van der Waals surface area (Å²) < 4.78 is 53.5. The summed E-state index contributed by atoms with van der Waals surface area (Å²) in [5.41, 5.74) is 5.10. The smallest absolute Gasteiger partial charge is 0.246 e. The molecule has 0 saturated carbocycles. The van der Waals surface area contributed by atoms with Crippen LogP contribution in [0.1, 0.15) is 19.3 Å². The molecule has 0 amide bonds. The van der Waals surface area contributed by atoms with Crippen molar-refractivity contribution < 1.29 is 17.2 Å². The molecule has 110 valence electrons. The summed E-state index contributed by atoms with van der Waals surface area (Å²) >= 11 is 0. The van der Waals surface area contributed by atoms with Crippen LogP contribution in [0.15, 0.2) is 29.2 Å². The lowest BCUT2D eigenvalue weighted by Crippen LogP contribution is -2.31. The molecule has 3 N–H and O–H groups in total. The molecule has 0 saturated heterocycles. The molecule has 1 aliphatic rings. The second-order valence-electron chi connectivity index (χ2n) is 4.82. The topological polar surface area (TPSA) is 72.2 Å². The number of nitrogens with one attached hydrogen (secondary N) is 1. The van der Waals surface area contributed by atoms with Crippen molar-refractivity contribution in [3.63, 3.8) is 0 Å². The van der Waals surface area contributed by atoms with Gasteiger partial charge in [0.2, 0.25) is 10.0 Å². The summed E-state index contributed by atoms with van der Waals surface area (Å²) in [6.07, 6.45) is 6.51. The number of halogens is 2. The molecule has 0 radical (unpaired) electrons. The van der Waals surface area contributed by atoms with E-state index in [0.717, 1.165) is 31.4 Å². The van der Waals surface area contributed by atoms with Crippen molar-refractivity contribution in [3.05, 3.63) is 35.9 Å². The van der Waals surface area contributed by atoms with E-state index in [4.69, 9.17) is 5.73 Å².